The fourth-order valence-corrected chi connectivity index (χ4v) is 1.85. The molecule has 0 aromatic carbocycles. The Labute approximate surface area is 130 Å². The smallest absolute Gasteiger partial charge is 0.270 e. The van der Waals surface area contributed by atoms with Crippen molar-refractivity contribution in [3.8, 4) is 0 Å². The Bertz CT molecular complexity index is 600. The second-order valence-corrected chi connectivity index (χ2v) is 5.16. The van der Waals surface area contributed by atoms with Gasteiger partial charge in [-0.05, 0) is 38.4 Å². The van der Waals surface area contributed by atoms with Gasteiger partial charge in [-0.3, -0.25) is 14.8 Å². The van der Waals surface area contributed by atoms with Gasteiger partial charge in [-0.1, -0.05) is 6.07 Å². The standard InChI is InChI=1S/C16H21N5O/c1-21(2)10-9-18-13-6-8-19-15(11-13)16(22)20-12-14-5-3-4-7-17-14/h3-8,11H,9-10,12H2,1-2H3,(H,18,19)(H,20,22). The number of carbonyl (C=O) groups is 1. The highest BCUT2D eigenvalue weighted by atomic mass is 16.1. The number of carbonyl (C=O) groups excluding carboxylic acids is 1. The van der Waals surface area contributed by atoms with Gasteiger partial charge in [0, 0.05) is 31.2 Å². The summed E-state index contributed by atoms with van der Waals surface area (Å²) in [5.41, 5.74) is 2.10. The molecule has 0 fully saturated rings. The molecule has 0 aliphatic rings. The summed E-state index contributed by atoms with van der Waals surface area (Å²) in [6.07, 6.45) is 3.34. The minimum absolute atomic E-state index is 0.207. The van der Waals surface area contributed by atoms with Crippen LogP contribution < -0.4 is 10.6 Å². The maximum atomic E-state index is 12.1. The second-order valence-electron chi connectivity index (χ2n) is 5.16. The average Bonchev–Trinajstić information content (AvgIpc) is 2.53. The van der Waals surface area contributed by atoms with Gasteiger partial charge in [0.05, 0.1) is 12.2 Å². The molecule has 0 radical (unpaired) electrons. The summed E-state index contributed by atoms with van der Waals surface area (Å²) in [6.45, 7) is 2.12. The van der Waals surface area contributed by atoms with E-state index in [9.17, 15) is 4.79 Å². The lowest BCUT2D eigenvalue weighted by atomic mass is 10.3. The van der Waals surface area contributed by atoms with Crippen molar-refractivity contribution in [1.82, 2.24) is 20.2 Å². The van der Waals surface area contributed by atoms with E-state index in [2.05, 4.69) is 25.5 Å². The van der Waals surface area contributed by atoms with E-state index in [0.29, 0.717) is 12.2 Å². The molecule has 0 saturated carbocycles. The molecule has 6 heteroatoms. The summed E-state index contributed by atoms with van der Waals surface area (Å²) in [4.78, 5) is 22.5. The molecule has 0 aliphatic heterocycles. The predicted molar refractivity (Wildman–Crippen MR) is 86.7 cm³/mol. The molecule has 22 heavy (non-hydrogen) atoms. The molecule has 2 heterocycles. The first kappa shape index (κ1) is 15.9. The van der Waals surface area contributed by atoms with E-state index < -0.39 is 0 Å². The van der Waals surface area contributed by atoms with Crippen LogP contribution in [0.5, 0.6) is 0 Å². The fraction of sp³-hybridized carbons (Fsp3) is 0.312. The monoisotopic (exact) mass is 299 g/mol. The number of hydrogen-bond donors (Lipinski definition) is 2. The Balaban J connectivity index is 1.89. The minimum atomic E-state index is -0.207. The first-order valence-corrected chi connectivity index (χ1v) is 7.18. The number of nitrogens with zero attached hydrogens (tertiary/aromatic N) is 3. The van der Waals surface area contributed by atoms with Gasteiger partial charge in [-0.25, -0.2) is 0 Å². The first-order valence-electron chi connectivity index (χ1n) is 7.18. The van der Waals surface area contributed by atoms with E-state index in [0.717, 1.165) is 24.5 Å². The molecular weight excluding hydrogens is 278 g/mol. The molecule has 2 N–H and O–H groups in total. The number of aromatic nitrogens is 2. The van der Waals surface area contributed by atoms with Gasteiger partial charge >= 0.3 is 0 Å². The summed E-state index contributed by atoms with van der Waals surface area (Å²) in [5, 5.41) is 6.09. The number of amides is 1. The van der Waals surface area contributed by atoms with Crippen LogP contribution in [0.15, 0.2) is 42.7 Å². The highest BCUT2D eigenvalue weighted by molar-refractivity contribution is 5.93. The summed E-state index contributed by atoms with van der Waals surface area (Å²) >= 11 is 0. The van der Waals surface area contributed by atoms with E-state index in [1.807, 2.05) is 38.4 Å². The average molecular weight is 299 g/mol. The molecule has 2 rings (SSSR count). The van der Waals surface area contributed by atoms with Crippen molar-refractivity contribution in [2.45, 2.75) is 6.54 Å². The molecule has 0 spiro atoms. The zero-order chi connectivity index (χ0) is 15.8. The summed E-state index contributed by atoms with van der Waals surface area (Å²) in [7, 11) is 4.04. The van der Waals surface area contributed by atoms with Crippen molar-refractivity contribution < 1.29 is 4.79 Å². The van der Waals surface area contributed by atoms with Crippen LogP contribution in [-0.4, -0.2) is 48.0 Å². The number of rotatable bonds is 7. The van der Waals surface area contributed by atoms with Crippen LogP contribution in [0, 0.1) is 0 Å². The Morgan fingerprint density at radius 1 is 1.18 bits per heavy atom. The van der Waals surface area contributed by atoms with Gasteiger partial charge in [0.25, 0.3) is 5.91 Å². The second kappa shape index (κ2) is 8.09. The van der Waals surface area contributed by atoms with Gasteiger partial charge in [0.2, 0.25) is 0 Å². The summed E-state index contributed by atoms with van der Waals surface area (Å²) < 4.78 is 0. The number of hydrogen-bond acceptors (Lipinski definition) is 5. The molecular formula is C16H21N5O. The summed E-state index contributed by atoms with van der Waals surface area (Å²) in [5.74, 6) is -0.207. The van der Waals surface area contributed by atoms with Crippen LogP contribution in [0.3, 0.4) is 0 Å². The lowest BCUT2D eigenvalue weighted by Gasteiger charge is -2.12. The highest BCUT2D eigenvalue weighted by Crippen LogP contribution is 2.07. The van der Waals surface area contributed by atoms with Crippen LogP contribution >= 0.6 is 0 Å². The molecule has 2 aromatic heterocycles. The Morgan fingerprint density at radius 3 is 2.77 bits per heavy atom. The topological polar surface area (TPSA) is 70.2 Å². The van der Waals surface area contributed by atoms with Crippen LogP contribution in [-0.2, 0) is 6.54 Å². The van der Waals surface area contributed by atoms with E-state index in [-0.39, 0.29) is 5.91 Å². The quantitative estimate of drug-likeness (QED) is 0.808. The normalized spacial score (nSPS) is 10.5. The van der Waals surface area contributed by atoms with Gasteiger partial charge in [-0.2, -0.15) is 0 Å². The number of pyridine rings is 2. The van der Waals surface area contributed by atoms with Crippen molar-refractivity contribution in [2.24, 2.45) is 0 Å². The molecule has 6 nitrogen and oxygen atoms in total. The third kappa shape index (κ3) is 5.14. The summed E-state index contributed by atoms with van der Waals surface area (Å²) in [6, 6.07) is 9.21. The lowest BCUT2D eigenvalue weighted by molar-refractivity contribution is 0.0945. The van der Waals surface area contributed by atoms with Gasteiger partial charge in [0.15, 0.2) is 0 Å². The number of anilines is 1. The van der Waals surface area contributed by atoms with Crippen LogP contribution in [0.4, 0.5) is 5.69 Å². The minimum Gasteiger partial charge on any atom is -0.384 e. The van der Waals surface area contributed by atoms with E-state index >= 15 is 0 Å². The maximum absolute atomic E-state index is 12.1. The number of nitrogens with one attached hydrogen (secondary N) is 2. The molecule has 0 bridgehead atoms. The maximum Gasteiger partial charge on any atom is 0.270 e. The van der Waals surface area contributed by atoms with Crippen LogP contribution in [0.1, 0.15) is 16.2 Å². The first-order chi connectivity index (χ1) is 10.6. The molecule has 0 aliphatic carbocycles. The molecule has 116 valence electrons. The van der Waals surface area contributed by atoms with Crippen LogP contribution in [0.2, 0.25) is 0 Å². The largest absolute Gasteiger partial charge is 0.384 e. The zero-order valence-corrected chi connectivity index (χ0v) is 12.9. The van der Waals surface area contributed by atoms with Crippen molar-refractivity contribution in [3.05, 3.63) is 54.1 Å². The van der Waals surface area contributed by atoms with Crippen molar-refractivity contribution in [1.29, 1.82) is 0 Å². The van der Waals surface area contributed by atoms with Crippen molar-refractivity contribution >= 4 is 11.6 Å². The van der Waals surface area contributed by atoms with E-state index in [1.165, 1.54) is 0 Å². The SMILES string of the molecule is CN(C)CCNc1ccnc(C(=O)NCc2ccccn2)c1. The van der Waals surface area contributed by atoms with E-state index in [4.69, 9.17) is 0 Å². The molecule has 2 aromatic rings. The van der Waals surface area contributed by atoms with Crippen molar-refractivity contribution in [2.75, 3.05) is 32.5 Å². The zero-order valence-electron chi connectivity index (χ0n) is 12.9. The fourth-order valence-electron chi connectivity index (χ4n) is 1.85. The van der Waals surface area contributed by atoms with Gasteiger partial charge in [0.1, 0.15) is 5.69 Å². The van der Waals surface area contributed by atoms with Gasteiger partial charge < -0.3 is 15.5 Å². The third-order valence-electron chi connectivity index (χ3n) is 3.04. The van der Waals surface area contributed by atoms with Crippen LogP contribution in [0.25, 0.3) is 0 Å². The van der Waals surface area contributed by atoms with Gasteiger partial charge in [-0.15, -0.1) is 0 Å². The Morgan fingerprint density at radius 2 is 2.05 bits per heavy atom. The van der Waals surface area contributed by atoms with E-state index in [1.54, 1.807) is 18.5 Å². The predicted octanol–water partition coefficient (Wildman–Crippen LogP) is 1.38. The van der Waals surface area contributed by atoms with Crippen molar-refractivity contribution in [3.63, 3.8) is 0 Å². The highest BCUT2D eigenvalue weighted by Gasteiger charge is 2.08. The molecule has 1 amide bonds. The lowest BCUT2D eigenvalue weighted by Crippen LogP contribution is -2.24. The Hall–Kier alpha value is -2.47. The molecule has 0 atom stereocenters. The molecule has 0 saturated heterocycles. The molecule has 0 unspecified atom stereocenters. The number of likely N-dealkylation sites (N-methyl/N-ethyl adjacent to an activating group) is 1. The third-order valence-corrected chi connectivity index (χ3v) is 3.04. The Kier molecular flexibility index (Phi) is 5.85.